The first-order chi connectivity index (χ1) is 11.2. The van der Waals surface area contributed by atoms with Gasteiger partial charge in [-0.05, 0) is 29.3 Å². The summed E-state index contributed by atoms with van der Waals surface area (Å²) >= 11 is 1.24. The number of hydrogen-bond donors (Lipinski definition) is 1. The van der Waals surface area contributed by atoms with Crippen LogP contribution in [0.1, 0.15) is 23.6 Å². The number of benzene rings is 2. The van der Waals surface area contributed by atoms with Crippen molar-refractivity contribution < 1.29 is 4.79 Å². The summed E-state index contributed by atoms with van der Waals surface area (Å²) in [5, 5.41) is 3.45. The molecule has 0 fully saturated rings. The topological polar surface area (TPSA) is 58.1 Å². The third-order valence-electron chi connectivity index (χ3n) is 4.23. The molecule has 0 saturated carbocycles. The van der Waals surface area contributed by atoms with Crippen molar-refractivity contribution >= 4 is 34.4 Å². The smallest absolute Gasteiger partial charge is 0.220 e. The van der Waals surface area contributed by atoms with Gasteiger partial charge in [-0.2, -0.15) is 8.75 Å². The van der Waals surface area contributed by atoms with Gasteiger partial charge in [0.1, 0.15) is 11.0 Å². The molecule has 0 saturated heterocycles. The first-order valence-electron chi connectivity index (χ1n) is 7.52. The summed E-state index contributed by atoms with van der Waals surface area (Å²) < 4.78 is 8.64. The molecule has 0 radical (unpaired) electrons. The molecule has 1 amide bonds. The second-order valence-electron chi connectivity index (χ2n) is 5.76. The first kappa shape index (κ1) is 14.1. The fourth-order valence-corrected chi connectivity index (χ4v) is 3.50. The molecule has 0 spiro atoms. The van der Waals surface area contributed by atoms with Crippen LogP contribution in [0.4, 0.5) is 5.69 Å². The van der Waals surface area contributed by atoms with Crippen LogP contribution >= 0.6 is 11.7 Å². The van der Waals surface area contributed by atoms with E-state index in [0.29, 0.717) is 13.1 Å². The van der Waals surface area contributed by atoms with Crippen LogP contribution in [0.3, 0.4) is 0 Å². The van der Waals surface area contributed by atoms with Crippen LogP contribution in [0.15, 0.2) is 36.4 Å². The normalized spacial score (nSPS) is 13.3. The minimum atomic E-state index is 0.124. The average molecular weight is 324 g/mol. The highest BCUT2D eigenvalue weighted by molar-refractivity contribution is 7.00. The summed E-state index contributed by atoms with van der Waals surface area (Å²) in [6.07, 6.45) is 0. The molecule has 0 atom stereocenters. The van der Waals surface area contributed by atoms with Gasteiger partial charge in [-0.25, -0.2) is 0 Å². The van der Waals surface area contributed by atoms with Gasteiger partial charge in [0.05, 0.1) is 11.7 Å². The van der Waals surface area contributed by atoms with Crippen LogP contribution in [0, 0.1) is 0 Å². The molecule has 0 aliphatic carbocycles. The molecule has 116 valence electrons. The van der Waals surface area contributed by atoms with Crippen molar-refractivity contribution in [3.8, 4) is 0 Å². The average Bonchev–Trinajstić information content (AvgIpc) is 3.18. The van der Waals surface area contributed by atoms with Crippen LogP contribution in [0.2, 0.25) is 0 Å². The van der Waals surface area contributed by atoms with E-state index in [1.54, 1.807) is 6.92 Å². The summed E-state index contributed by atoms with van der Waals surface area (Å²) in [7, 11) is 0. The van der Waals surface area contributed by atoms with Gasteiger partial charge in [0, 0.05) is 37.8 Å². The van der Waals surface area contributed by atoms with E-state index in [1.807, 2.05) is 17.0 Å². The third kappa shape index (κ3) is 2.66. The van der Waals surface area contributed by atoms with Crippen LogP contribution in [-0.2, 0) is 24.4 Å². The molecule has 0 unspecified atom stereocenters. The number of carbonyl (C=O) groups excluding carboxylic acids is 1. The number of nitrogens with zero attached hydrogens (tertiary/aromatic N) is 3. The molecule has 4 rings (SSSR count). The molecule has 1 aliphatic rings. The Morgan fingerprint density at radius 3 is 2.96 bits per heavy atom. The molecule has 2 heterocycles. The molecule has 1 aromatic heterocycles. The standard InChI is InChI=1S/C17H16N4OS/c1-11(22)21-9-13-5-6-15(7-14(13)10-21)18-8-12-3-2-4-16-17(12)20-23-19-16/h2-7,18H,8-10H2,1H3. The molecule has 1 N–H and O–H groups in total. The van der Waals surface area contributed by atoms with Gasteiger partial charge in [-0.3, -0.25) is 4.79 Å². The van der Waals surface area contributed by atoms with Gasteiger partial charge < -0.3 is 10.2 Å². The lowest BCUT2D eigenvalue weighted by atomic mass is 10.1. The highest BCUT2D eigenvalue weighted by atomic mass is 32.1. The van der Waals surface area contributed by atoms with Gasteiger partial charge in [-0.1, -0.05) is 18.2 Å². The van der Waals surface area contributed by atoms with Crippen molar-refractivity contribution in [2.45, 2.75) is 26.6 Å². The quantitative estimate of drug-likeness (QED) is 0.804. The van der Waals surface area contributed by atoms with Crippen molar-refractivity contribution in [3.63, 3.8) is 0 Å². The maximum Gasteiger partial charge on any atom is 0.220 e. The predicted molar refractivity (Wildman–Crippen MR) is 91.1 cm³/mol. The Bertz CT molecular complexity index is 889. The molecule has 1 aliphatic heterocycles. The first-order valence-corrected chi connectivity index (χ1v) is 8.25. The number of carbonyl (C=O) groups is 1. The third-order valence-corrected chi connectivity index (χ3v) is 4.77. The van der Waals surface area contributed by atoms with E-state index < -0.39 is 0 Å². The van der Waals surface area contributed by atoms with Gasteiger partial charge in [0.25, 0.3) is 0 Å². The van der Waals surface area contributed by atoms with E-state index in [2.05, 4.69) is 38.3 Å². The Hall–Kier alpha value is -2.47. The highest BCUT2D eigenvalue weighted by Crippen LogP contribution is 2.26. The summed E-state index contributed by atoms with van der Waals surface area (Å²) in [5.41, 5.74) is 6.57. The maximum atomic E-state index is 11.5. The van der Waals surface area contributed by atoms with Gasteiger partial charge in [-0.15, -0.1) is 0 Å². The van der Waals surface area contributed by atoms with E-state index in [9.17, 15) is 4.79 Å². The van der Waals surface area contributed by atoms with Crippen LogP contribution < -0.4 is 5.32 Å². The molecule has 0 bridgehead atoms. The highest BCUT2D eigenvalue weighted by Gasteiger charge is 2.20. The lowest BCUT2D eigenvalue weighted by Crippen LogP contribution is -2.21. The number of rotatable bonds is 3. The molecular weight excluding hydrogens is 308 g/mol. The maximum absolute atomic E-state index is 11.5. The Labute approximate surface area is 138 Å². The minimum Gasteiger partial charge on any atom is -0.381 e. The number of amides is 1. The van der Waals surface area contributed by atoms with Crippen molar-refractivity contribution in [3.05, 3.63) is 53.1 Å². The van der Waals surface area contributed by atoms with Gasteiger partial charge in [0.2, 0.25) is 5.91 Å². The molecule has 2 aromatic carbocycles. The zero-order valence-corrected chi connectivity index (χ0v) is 13.6. The summed E-state index contributed by atoms with van der Waals surface area (Å²) in [4.78, 5) is 13.4. The van der Waals surface area contributed by atoms with Crippen molar-refractivity contribution in [1.29, 1.82) is 0 Å². The number of fused-ring (bicyclic) bond motifs is 2. The van der Waals surface area contributed by atoms with E-state index in [-0.39, 0.29) is 5.91 Å². The fraction of sp³-hybridized carbons (Fsp3) is 0.235. The van der Waals surface area contributed by atoms with Crippen LogP contribution in [0.25, 0.3) is 11.0 Å². The number of nitrogens with one attached hydrogen (secondary N) is 1. The van der Waals surface area contributed by atoms with E-state index >= 15 is 0 Å². The predicted octanol–water partition coefficient (Wildman–Crippen LogP) is 3.17. The molecular formula is C17H16N4OS. The Kier molecular flexibility index (Phi) is 3.46. The zero-order chi connectivity index (χ0) is 15.8. The molecule has 23 heavy (non-hydrogen) atoms. The molecule has 6 heteroatoms. The molecule has 5 nitrogen and oxygen atoms in total. The van der Waals surface area contributed by atoms with Crippen molar-refractivity contribution in [2.75, 3.05) is 5.32 Å². The summed E-state index contributed by atoms with van der Waals surface area (Å²) in [6, 6.07) is 12.4. The Morgan fingerprint density at radius 2 is 2.09 bits per heavy atom. The SMILES string of the molecule is CC(=O)N1Cc2ccc(NCc3cccc4nsnc34)cc2C1. The second-order valence-corrected chi connectivity index (χ2v) is 6.29. The van der Waals surface area contributed by atoms with E-state index in [4.69, 9.17) is 0 Å². The Morgan fingerprint density at radius 1 is 1.22 bits per heavy atom. The van der Waals surface area contributed by atoms with E-state index in [1.165, 1.54) is 22.9 Å². The lowest BCUT2D eigenvalue weighted by Gasteiger charge is -2.11. The van der Waals surface area contributed by atoms with Gasteiger partial charge >= 0.3 is 0 Å². The monoisotopic (exact) mass is 324 g/mol. The largest absolute Gasteiger partial charge is 0.381 e. The summed E-state index contributed by atoms with van der Waals surface area (Å²) in [6.45, 7) is 3.74. The fourth-order valence-electron chi connectivity index (χ4n) is 2.93. The minimum absolute atomic E-state index is 0.124. The number of anilines is 1. The van der Waals surface area contributed by atoms with Crippen LogP contribution in [-0.4, -0.2) is 19.6 Å². The Balaban J connectivity index is 1.52. The lowest BCUT2D eigenvalue weighted by molar-refractivity contribution is -0.129. The number of hydrogen-bond acceptors (Lipinski definition) is 5. The van der Waals surface area contributed by atoms with Crippen molar-refractivity contribution in [1.82, 2.24) is 13.6 Å². The summed E-state index contributed by atoms with van der Waals surface area (Å²) in [5.74, 6) is 0.124. The molecule has 3 aromatic rings. The van der Waals surface area contributed by atoms with Crippen molar-refractivity contribution in [2.24, 2.45) is 0 Å². The zero-order valence-electron chi connectivity index (χ0n) is 12.7. The van der Waals surface area contributed by atoms with Crippen LogP contribution in [0.5, 0.6) is 0 Å². The second kappa shape index (κ2) is 5.62. The van der Waals surface area contributed by atoms with Gasteiger partial charge in [0.15, 0.2) is 0 Å². The number of aromatic nitrogens is 2. The van der Waals surface area contributed by atoms with E-state index in [0.717, 1.165) is 28.8 Å².